The minimum atomic E-state index is -0.154. The second-order valence-electron chi connectivity index (χ2n) is 3.09. The third-order valence-electron chi connectivity index (χ3n) is 2.27. The van der Waals surface area contributed by atoms with Crippen molar-refractivity contribution in [3.8, 4) is 0 Å². The lowest BCUT2D eigenvalue weighted by atomic mass is 9.95. The van der Waals surface area contributed by atoms with Crippen LogP contribution < -0.4 is 5.32 Å². The summed E-state index contributed by atoms with van der Waals surface area (Å²) in [5, 5.41) is 11.9. The number of aliphatic hydroxyl groups is 1. The first-order valence-electron chi connectivity index (χ1n) is 4.20. The van der Waals surface area contributed by atoms with Crippen LogP contribution in [0.15, 0.2) is 0 Å². The summed E-state index contributed by atoms with van der Waals surface area (Å²) in [5.41, 5.74) is 0. The molecule has 1 heterocycles. The molecule has 0 spiro atoms. The van der Waals surface area contributed by atoms with Gasteiger partial charge in [0, 0.05) is 12.6 Å². The van der Waals surface area contributed by atoms with Crippen LogP contribution in [0.4, 0.5) is 0 Å². The van der Waals surface area contributed by atoms with Gasteiger partial charge in [-0.1, -0.05) is 0 Å². The van der Waals surface area contributed by atoms with Crippen LogP contribution in [0.25, 0.3) is 0 Å². The number of aliphatic hydroxyl groups excluding tert-OH is 1. The van der Waals surface area contributed by atoms with Crippen LogP contribution in [-0.2, 0) is 9.53 Å². The molecule has 4 heteroatoms. The smallest absolute Gasteiger partial charge is 0.309 e. The van der Waals surface area contributed by atoms with Crippen LogP contribution in [0.3, 0.4) is 0 Å². The first kappa shape index (κ1) is 9.48. The van der Waals surface area contributed by atoms with Gasteiger partial charge < -0.3 is 15.2 Å². The standard InChI is InChI=1S/C8H15NO3/c1-12-8(11)6-2-3-7(5-10)9-4-6/h6-7,9-10H,2-5H2,1H3/t6-,7-/m0/s1. The Morgan fingerprint density at radius 3 is 2.83 bits per heavy atom. The first-order chi connectivity index (χ1) is 5.77. The molecule has 0 aromatic carbocycles. The van der Waals surface area contributed by atoms with Crippen LogP contribution in [0.1, 0.15) is 12.8 Å². The summed E-state index contributed by atoms with van der Waals surface area (Å²) in [5.74, 6) is -0.184. The topological polar surface area (TPSA) is 58.6 Å². The van der Waals surface area contributed by atoms with E-state index in [0.717, 1.165) is 12.8 Å². The molecule has 0 aromatic rings. The van der Waals surface area contributed by atoms with Gasteiger partial charge in [-0.3, -0.25) is 4.79 Å². The highest BCUT2D eigenvalue weighted by atomic mass is 16.5. The molecule has 0 radical (unpaired) electrons. The molecule has 12 heavy (non-hydrogen) atoms. The molecule has 70 valence electrons. The zero-order chi connectivity index (χ0) is 8.97. The van der Waals surface area contributed by atoms with E-state index in [9.17, 15) is 4.79 Å². The van der Waals surface area contributed by atoms with E-state index in [0.29, 0.717) is 6.54 Å². The molecule has 1 aliphatic rings. The molecule has 1 saturated heterocycles. The van der Waals surface area contributed by atoms with Crippen molar-refractivity contribution >= 4 is 5.97 Å². The molecule has 1 rings (SSSR count). The van der Waals surface area contributed by atoms with Gasteiger partial charge in [0.1, 0.15) is 0 Å². The van der Waals surface area contributed by atoms with Crippen LogP contribution in [0.2, 0.25) is 0 Å². The lowest BCUT2D eigenvalue weighted by Crippen LogP contribution is -2.43. The Hall–Kier alpha value is -0.610. The number of piperidine rings is 1. The molecule has 0 aliphatic carbocycles. The van der Waals surface area contributed by atoms with Gasteiger partial charge in [-0.2, -0.15) is 0 Å². The highest BCUT2D eigenvalue weighted by Gasteiger charge is 2.25. The Kier molecular flexibility index (Phi) is 3.49. The van der Waals surface area contributed by atoms with Crippen LogP contribution in [0, 0.1) is 5.92 Å². The maximum absolute atomic E-state index is 11.0. The number of carbonyl (C=O) groups excluding carboxylic acids is 1. The normalized spacial score (nSPS) is 29.8. The van der Waals surface area contributed by atoms with Crippen molar-refractivity contribution in [2.24, 2.45) is 5.92 Å². The zero-order valence-electron chi connectivity index (χ0n) is 7.25. The number of ether oxygens (including phenoxy) is 1. The molecule has 0 aromatic heterocycles. The van der Waals surface area contributed by atoms with Gasteiger partial charge in [0.15, 0.2) is 0 Å². The summed E-state index contributed by atoms with van der Waals surface area (Å²) in [4.78, 5) is 11.0. The second-order valence-corrected chi connectivity index (χ2v) is 3.09. The van der Waals surface area contributed by atoms with Crippen molar-refractivity contribution in [3.05, 3.63) is 0 Å². The van der Waals surface area contributed by atoms with Crippen molar-refractivity contribution in [2.75, 3.05) is 20.3 Å². The maximum Gasteiger partial charge on any atom is 0.309 e. The van der Waals surface area contributed by atoms with Crippen LogP contribution in [0.5, 0.6) is 0 Å². The molecular formula is C8H15NO3. The largest absolute Gasteiger partial charge is 0.469 e. The molecule has 1 fully saturated rings. The molecule has 2 N–H and O–H groups in total. The van der Waals surface area contributed by atoms with Gasteiger partial charge in [-0.15, -0.1) is 0 Å². The van der Waals surface area contributed by atoms with Gasteiger partial charge in [0.05, 0.1) is 19.6 Å². The number of hydrogen-bond acceptors (Lipinski definition) is 4. The summed E-state index contributed by atoms with van der Waals surface area (Å²) in [6.45, 7) is 0.770. The van der Waals surface area contributed by atoms with E-state index >= 15 is 0 Å². The van der Waals surface area contributed by atoms with Crippen molar-refractivity contribution in [2.45, 2.75) is 18.9 Å². The fraction of sp³-hybridized carbons (Fsp3) is 0.875. The van der Waals surface area contributed by atoms with E-state index in [1.807, 2.05) is 0 Å². The fourth-order valence-corrected chi connectivity index (χ4v) is 1.44. The van der Waals surface area contributed by atoms with E-state index in [2.05, 4.69) is 10.1 Å². The van der Waals surface area contributed by atoms with E-state index in [-0.39, 0.29) is 24.5 Å². The van der Waals surface area contributed by atoms with E-state index in [4.69, 9.17) is 5.11 Å². The molecule has 0 unspecified atom stereocenters. The maximum atomic E-state index is 11.0. The average Bonchev–Trinajstić information content (AvgIpc) is 2.17. The van der Waals surface area contributed by atoms with Gasteiger partial charge >= 0.3 is 5.97 Å². The van der Waals surface area contributed by atoms with E-state index < -0.39 is 0 Å². The van der Waals surface area contributed by atoms with Crippen LogP contribution >= 0.6 is 0 Å². The Morgan fingerprint density at radius 1 is 1.67 bits per heavy atom. The number of carbonyl (C=O) groups is 1. The number of rotatable bonds is 2. The Morgan fingerprint density at radius 2 is 2.42 bits per heavy atom. The monoisotopic (exact) mass is 173 g/mol. The predicted octanol–water partition coefficient (Wildman–Crippen LogP) is -0.480. The molecule has 0 saturated carbocycles. The third kappa shape index (κ3) is 2.19. The second kappa shape index (κ2) is 4.42. The summed E-state index contributed by atoms with van der Waals surface area (Å²) in [7, 11) is 1.40. The van der Waals surface area contributed by atoms with Crippen LogP contribution in [-0.4, -0.2) is 37.4 Å². The number of nitrogens with one attached hydrogen (secondary N) is 1. The highest BCUT2D eigenvalue weighted by molar-refractivity contribution is 5.72. The van der Waals surface area contributed by atoms with Crippen molar-refractivity contribution < 1.29 is 14.6 Å². The molecular weight excluding hydrogens is 158 g/mol. The average molecular weight is 173 g/mol. The Balaban J connectivity index is 2.30. The molecule has 4 nitrogen and oxygen atoms in total. The Bertz CT molecular complexity index is 152. The fourth-order valence-electron chi connectivity index (χ4n) is 1.44. The summed E-state index contributed by atoms with van der Waals surface area (Å²) in [6.07, 6.45) is 1.65. The van der Waals surface area contributed by atoms with Gasteiger partial charge in [0.25, 0.3) is 0 Å². The van der Waals surface area contributed by atoms with Gasteiger partial charge in [-0.25, -0.2) is 0 Å². The minimum Gasteiger partial charge on any atom is -0.469 e. The molecule has 2 atom stereocenters. The molecule has 0 amide bonds. The van der Waals surface area contributed by atoms with Crippen molar-refractivity contribution in [3.63, 3.8) is 0 Å². The van der Waals surface area contributed by atoms with E-state index in [1.54, 1.807) is 0 Å². The molecule has 1 aliphatic heterocycles. The molecule has 0 bridgehead atoms. The lowest BCUT2D eigenvalue weighted by Gasteiger charge is -2.26. The SMILES string of the molecule is COC(=O)[C@H]1CC[C@@H](CO)NC1. The summed E-state index contributed by atoms with van der Waals surface area (Å²) >= 11 is 0. The summed E-state index contributed by atoms with van der Waals surface area (Å²) in [6, 6.07) is 0.158. The highest BCUT2D eigenvalue weighted by Crippen LogP contribution is 2.14. The first-order valence-corrected chi connectivity index (χ1v) is 4.20. The lowest BCUT2D eigenvalue weighted by molar-refractivity contribution is -0.146. The Labute approximate surface area is 71.9 Å². The summed E-state index contributed by atoms with van der Waals surface area (Å²) < 4.78 is 4.62. The number of hydrogen-bond donors (Lipinski definition) is 2. The van der Waals surface area contributed by atoms with Crippen molar-refractivity contribution in [1.29, 1.82) is 0 Å². The zero-order valence-corrected chi connectivity index (χ0v) is 7.25. The van der Waals surface area contributed by atoms with E-state index in [1.165, 1.54) is 7.11 Å². The minimum absolute atomic E-state index is 0.0298. The quantitative estimate of drug-likeness (QED) is 0.554. The third-order valence-corrected chi connectivity index (χ3v) is 2.27. The number of methoxy groups -OCH3 is 1. The van der Waals surface area contributed by atoms with Crippen molar-refractivity contribution in [1.82, 2.24) is 5.32 Å². The number of esters is 1. The van der Waals surface area contributed by atoms with Gasteiger partial charge in [0.2, 0.25) is 0 Å². The predicted molar refractivity (Wildman–Crippen MR) is 43.6 cm³/mol. The van der Waals surface area contributed by atoms with Gasteiger partial charge in [-0.05, 0) is 12.8 Å².